The van der Waals surface area contributed by atoms with Gasteiger partial charge in [0.25, 0.3) is 0 Å². The van der Waals surface area contributed by atoms with Gasteiger partial charge in [-0.1, -0.05) is 0 Å². The zero-order valence-corrected chi connectivity index (χ0v) is 5.20. The Balaban J connectivity index is 2.48. The Morgan fingerprint density at radius 2 is 2.60 bits per heavy atom. The Morgan fingerprint density at radius 3 is 3.10 bits per heavy atom. The molecule has 0 bridgehead atoms. The summed E-state index contributed by atoms with van der Waals surface area (Å²) in [5.74, 6) is 0. The molecule has 2 N–H and O–H groups in total. The van der Waals surface area contributed by atoms with Crippen molar-refractivity contribution in [3.05, 3.63) is 24.1 Å². The highest BCUT2D eigenvalue weighted by Crippen LogP contribution is 1.98. The molecule has 4 heteroatoms. The number of allylic oxidation sites excluding steroid dienone is 1. The quantitative estimate of drug-likeness (QED) is 0.564. The molecule has 4 nitrogen and oxygen atoms in total. The third-order valence-corrected chi connectivity index (χ3v) is 0.995. The third-order valence-electron chi connectivity index (χ3n) is 0.995. The zero-order valence-electron chi connectivity index (χ0n) is 5.20. The Bertz CT molecular complexity index is 195. The van der Waals surface area contributed by atoms with Gasteiger partial charge in [0.15, 0.2) is 0 Å². The van der Waals surface area contributed by atoms with E-state index in [0.29, 0.717) is 12.3 Å². The number of rotatable bonds is 1. The normalized spacial score (nSPS) is 15.4. The second kappa shape index (κ2) is 2.91. The number of carboxylic acid groups (broad SMARTS) is 1. The van der Waals surface area contributed by atoms with Crippen molar-refractivity contribution in [3.8, 4) is 0 Å². The van der Waals surface area contributed by atoms with E-state index in [-0.39, 0.29) is 0 Å². The lowest BCUT2D eigenvalue weighted by Crippen LogP contribution is -2.20. The molecule has 1 heterocycles. The second-order valence-electron chi connectivity index (χ2n) is 1.73. The summed E-state index contributed by atoms with van der Waals surface area (Å²) in [5, 5.41) is 10.4. The van der Waals surface area contributed by atoms with E-state index < -0.39 is 6.09 Å². The Morgan fingerprint density at radius 1 is 1.80 bits per heavy atom. The average molecular weight is 141 g/mol. The summed E-state index contributed by atoms with van der Waals surface area (Å²) in [5.41, 5.74) is 0.554. The minimum Gasteiger partial charge on any atom is -0.497 e. The van der Waals surface area contributed by atoms with E-state index in [2.05, 4.69) is 5.32 Å². The summed E-state index contributed by atoms with van der Waals surface area (Å²) < 4.78 is 4.79. The molecule has 1 aliphatic rings. The van der Waals surface area contributed by atoms with Gasteiger partial charge in [-0.15, -0.1) is 0 Å². The predicted octanol–water partition coefficient (Wildman–Crippen LogP) is 0.682. The SMILES string of the molecule is O=C(O)NC1=CCOC=C1. The largest absolute Gasteiger partial charge is 0.497 e. The molecule has 1 aliphatic heterocycles. The van der Waals surface area contributed by atoms with Gasteiger partial charge in [0.2, 0.25) is 0 Å². The predicted molar refractivity (Wildman–Crippen MR) is 34.3 cm³/mol. The van der Waals surface area contributed by atoms with Gasteiger partial charge in [-0.2, -0.15) is 0 Å². The fourth-order valence-corrected chi connectivity index (χ4v) is 0.599. The lowest BCUT2D eigenvalue weighted by molar-refractivity contribution is 0.197. The van der Waals surface area contributed by atoms with Gasteiger partial charge in [0.1, 0.15) is 6.61 Å². The Labute approximate surface area is 57.8 Å². The number of hydrogen-bond acceptors (Lipinski definition) is 2. The maximum absolute atomic E-state index is 10.0. The average Bonchev–Trinajstić information content (AvgIpc) is 1.88. The number of amides is 1. The summed E-state index contributed by atoms with van der Waals surface area (Å²) in [4.78, 5) is 10.0. The van der Waals surface area contributed by atoms with E-state index in [0.717, 1.165) is 0 Å². The first-order chi connectivity index (χ1) is 4.79. The summed E-state index contributed by atoms with van der Waals surface area (Å²) in [6, 6.07) is 0. The monoisotopic (exact) mass is 141 g/mol. The van der Waals surface area contributed by atoms with Crippen LogP contribution in [0.5, 0.6) is 0 Å². The van der Waals surface area contributed by atoms with Crippen molar-refractivity contribution in [2.45, 2.75) is 0 Å². The molecule has 0 aromatic heterocycles. The number of ether oxygens (including phenoxy) is 1. The Hall–Kier alpha value is -1.45. The molecular formula is C6H7NO3. The molecular weight excluding hydrogens is 134 g/mol. The standard InChI is InChI=1S/C6H7NO3/c8-6(9)7-5-1-3-10-4-2-5/h1-3,7H,4H2,(H,8,9). The van der Waals surface area contributed by atoms with Crippen LogP contribution in [-0.2, 0) is 4.74 Å². The maximum atomic E-state index is 10.0. The van der Waals surface area contributed by atoms with E-state index >= 15 is 0 Å². The van der Waals surface area contributed by atoms with Crippen molar-refractivity contribution >= 4 is 6.09 Å². The highest BCUT2D eigenvalue weighted by molar-refractivity contribution is 5.67. The van der Waals surface area contributed by atoms with Crippen molar-refractivity contribution in [3.63, 3.8) is 0 Å². The van der Waals surface area contributed by atoms with Crippen LogP contribution in [0.25, 0.3) is 0 Å². The number of carbonyl (C=O) groups is 1. The minimum absolute atomic E-state index is 0.423. The first kappa shape index (κ1) is 6.67. The molecule has 0 aromatic carbocycles. The van der Waals surface area contributed by atoms with Crippen LogP contribution in [-0.4, -0.2) is 17.8 Å². The lowest BCUT2D eigenvalue weighted by Gasteiger charge is -2.06. The molecule has 0 atom stereocenters. The fraction of sp³-hybridized carbons (Fsp3) is 0.167. The molecule has 1 rings (SSSR count). The zero-order chi connectivity index (χ0) is 7.40. The van der Waals surface area contributed by atoms with Crippen molar-refractivity contribution in [2.24, 2.45) is 0 Å². The van der Waals surface area contributed by atoms with E-state index in [1.54, 1.807) is 12.2 Å². The molecule has 0 unspecified atom stereocenters. The van der Waals surface area contributed by atoms with Crippen LogP contribution in [0, 0.1) is 0 Å². The summed E-state index contributed by atoms with van der Waals surface area (Å²) in [6.07, 6.45) is 3.59. The van der Waals surface area contributed by atoms with E-state index in [9.17, 15) is 4.79 Å². The third kappa shape index (κ3) is 1.81. The van der Waals surface area contributed by atoms with Crippen LogP contribution in [0.4, 0.5) is 4.79 Å². The summed E-state index contributed by atoms with van der Waals surface area (Å²) >= 11 is 0. The van der Waals surface area contributed by atoms with Crippen LogP contribution in [0.1, 0.15) is 0 Å². The van der Waals surface area contributed by atoms with Gasteiger partial charge in [-0.25, -0.2) is 4.79 Å². The molecule has 0 aromatic rings. The van der Waals surface area contributed by atoms with E-state index in [1.807, 2.05) is 0 Å². The molecule has 0 spiro atoms. The van der Waals surface area contributed by atoms with Crippen molar-refractivity contribution in [2.75, 3.05) is 6.61 Å². The molecule has 54 valence electrons. The summed E-state index contributed by atoms with van der Waals surface area (Å²) in [6.45, 7) is 0.423. The fourth-order valence-electron chi connectivity index (χ4n) is 0.599. The summed E-state index contributed by atoms with van der Waals surface area (Å²) in [7, 11) is 0. The lowest BCUT2D eigenvalue weighted by atomic mass is 10.3. The first-order valence-corrected chi connectivity index (χ1v) is 2.77. The van der Waals surface area contributed by atoms with Gasteiger partial charge in [-0.3, -0.25) is 5.32 Å². The van der Waals surface area contributed by atoms with Gasteiger partial charge in [0, 0.05) is 5.70 Å². The molecule has 0 aliphatic carbocycles. The topological polar surface area (TPSA) is 58.6 Å². The van der Waals surface area contributed by atoms with Crippen LogP contribution < -0.4 is 5.32 Å². The minimum atomic E-state index is -1.06. The Kier molecular flexibility index (Phi) is 1.94. The van der Waals surface area contributed by atoms with Gasteiger partial charge in [-0.05, 0) is 12.2 Å². The molecule has 0 saturated carbocycles. The van der Waals surface area contributed by atoms with Crippen LogP contribution in [0.3, 0.4) is 0 Å². The molecule has 0 radical (unpaired) electrons. The highest BCUT2D eigenvalue weighted by Gasteiger charge is 1.99. The van der Waals surface area contributed by atoms with Crippen molar-refractivity contribution in [1.82, 2.24) is 5.32 Å². The van der Waals surface area contributed by atoms with Gasteiger partial charge >= 0.3 is 6.09 Å². The van der Waals surface area contributed by atoms with Crippen molar-refractivity contribution in [1.29, 1.82) is 0 Å². The van der Waals surface area contributed by atoms with Gasteiger partial charge in [0.05, 0.1) is 6.26 Å². The number of nitrogens with one attached hydrogen (secondary N) is 1. The molecule has 0 saturated heterocycles. The second-order valence-corrected chi connectivity index (χ2v) is 1.73. The van der Waals surface area contributed by atoms with E-state index in [1.165, 1.54) is 6.26 Å². The van der Waals surface area contributed by atoms with Crippen LogP contribution >= 0.6 is 0 Å². The van der Waals surface area contributed by atoms with E-state index in [4.69, 9.17) is 9.84 Å². The van der Waals surface area contributed by atoms with Crippen LogP contribution in [0.15, 0.2) is 24.1 Å². The van der Waals surface area contributed by atoms with Gasteiger partial charge < -0.3 is 9.84 Å². The number of hydrogen-bond donors (Lipinski definition) is 2. The smallest absolute Gasteiger partial charge is 0.409 e. The first-order valence-electron chi connectivity index (χ1n) is 2.77. The molecule has 0 fully saturated rings. The molecule has 1 amide bonds. The highest BCUT2D eigenvalue weighted by atomic mass is 16.5. The maximum Gasteiger partial charge on any atom is 0.409 e. The molecule has 10 heavy (non-hydrogen) atoms. The van der Waals surface area contributed by atoms with Crippen LogP contribution in [0.2, 0.25) is 0 Å². The van der Waals surface area contributed by atoms with Crippen molar-refractivity contribution < 1.29 is 14.6 Å².